The van der Waals surface area contributed by atoms with Crippen LogP contribution in [0.1, 0.15) is 24.8 Å². The summed E-state index contributed by atoms with van der Waals surface area (Å²) in [5.74, 6) is 0. The molecule has 0 heterocycles. The van der Waals surface area contributed by atoms with Crippen molar-refractivity contribution in [3.05, 3.63) is 29.8 Å². The van der Waals surface area contributed by atoms with Gasteiger partial charge in [-0.1, -0.05) is 12.1 Å². The molecule has 0 aromatic heterocycles. The Bertz CT molecular complexity index is 490. The van der Waals surface area contributed by atoms with Gasteiger partial charge in [0.05, 0.1) is 11.3 Å². The van der Waals surface area contributed by atoms with Gasteiger partial charge in [0.15, 0.2) is 0 Å². The molecule has 0 saturated heterocycles. The summed E-state index contributed by atoms with van der Waals surface area (Å²) in [6, 6.07) is 3.87. The van der Waals surface area contributed by atoms with Crippen LogP contribution in [0.4, 0.5) is 23.7 Å². The van der Waals surface area contributed by atoms with Gasteiger partial charge in [0, 0.05) is 12.1 Å². The van der Waals surface area contributed by atoms with E-state index >= 15 is 0 Å². The summed E-state index contributed by atoms with van der Waals surface area (Å²) in [7, 11) is 0. The molecule has 2 unspecified atom stereocenters. The number of halogens is 3. The molecule has 0 spiro atoms. The summed E-state index contributed by atoms with van der Waals surface area (Å²) in [6.45, 7) is 0. The number of para-hydroxylation sites is 1. The molecule has 110 valence electrons. The van der Waals surface area contributed by atoms with Gasteiger partial charge in [0.25, 0.3) is 0 Å². The molecule has 2 amide bonds. The maximum atomic E-state index is 12.8. The number of carbonyl (C=O) groups excluding carboxylic acids is 1. The van der Waals surface area contributed by atoms with Crippen LogP contribution >= 0.6 is 0 Å². The maximum Gasteiger partial charge on any atom is 0.418 e. The van der Waals surface area contributed by atoms with Crippen molar-refractivity contribution in [3.8, 4) is 0 Å². The smallest absolute Gasteiger partial charge is 0.334 e. The highest BCUT2D eigenvalue weighted by Crippen LogP contribution is 2.34. The zero-order valence-corrected chi connectivity index (χ0v) is 10.7. The fourth-order valence-electron chi connectivity index (χ4n) is 2.33. The van der Waals surface area contributed by atoms with Crippen LogP contribution in [0, 0.1) is 0 Å². The monoisotopic (exact) mass is 287 g/mol. The average Bonchev–Trinajstić information content (AvgIpc) is 2.74. The zero-order chi connectivity index (χ0) is 14.8. The van der Waals surface area contributed by atoms with E-state index in [0.717, 1.165) is 25.3 Å². The van der Waals surface area contributed by atoms with E-state index in [1.165, 1.54) is 18.2 Å². The van der Waals surface area contributed by atoms with E-state index in [4.69, 9.17) is 5.73 Å². The Morgan fingerprint density at radius 3 is 2.55 bits per heavy atom. The van der Waals surface area contributed by atoms with Crippen molar-refractivity contribution >= 4 is 11.7 Å². The minimum absolute atomic E-state index is 0.140. The summed E-state index contributed by atoms with van der Waals surface area (Å²) >= 11 is 0. The van der Waals surface area contributed by atoms with E-state index in [9.17, 15) is 18.0 Å². The second-order valence-corrected chi connectivity index (χ2v) is 4.84. The molecule has 4 N–H and O–H groups in total. The highest BCUT2D eigenvalue weighted by molar-refractivity contribution is 5.90. The third-order valence-electron chi connectivity index (χ3n) is 3.37. The lowest BCUT2D eigenvalue weighted by atomic mass is 10.1. The number of urea groups is 1. The fourth-order valence-corrected chi connectivity index (χ4v) is 2.33. The number of carbonyl (C=O) groups is 1. The summed E-state index contributed by atoms with van der Waals surface area (Å²) in [6.07, 6.45) is -2.04. The van der Waals surface area contributed by atoms with Gasteiger partial charge in [-0.15, -0.1) is 0 Å². The molecule has 1 aliphatic carbocycles. The van der Waals surface area contributed by atoms with Crippen LogP contribution in [0.2, 0.25) is 0 Å². The Morgan fingerprint density at radius 1 is 1.25 bits per heavy atom. The van der Waals surface area contributed by atoms with Crippen LogP contribution in [0.5, 0.6) is 0 Å². The molecule has 7 heteroatoms. The number of nitrogens with two attached hydrogens (primary N) is 1. The number of anilines is 1. The number of hydrogen-bond donors (Lipinski definition) is 3. The molecule has 4 nitrogen and oxygen atoms in total. The quantitative estimate of drug-likeness (QED) is 0.783. The predicted molar refractivity (Wildman–Crippen MR) is 69.2 cm³/mol. The molecule has 2 atom stereocenters. The summed E-state index contributed by atoms with van der Waals surface area (Å²) in [5, 5.41) is 4.85. The summed E-state index contributed by atoms with van der Waals surface area (Å²) in [5.41, 5.74) is 4.67. The Hall–Kier alpha value is -1.76. The first-order chi connectivity index (χ1) is 9.38. The van der Waals surface area contributed by atoms with Gasteiger partial charge in [0.2, 0.25) is 0 Å². The first-order valence-electron chi connectivity index (χ1n) is 6.37. The van der Waals surface area contributed by atoms with E-state index in [-0.39, 0.29) is 17.8 Å². The topological polar surface area (TPSA) is 67.1 Å². The van der Waals surface area contributed by atoms with E-state index in [1.54, 1.807) is 0 Å². The van der Waals surface area contributed by atoms with Crippen molar-refractivity contribution in [3.63, 3.8) is 0 Å². The Kier molecular flexibility index (Phi) is 4.17. The number of nitrogens with one attached hydrogen (secondary N) is 2. The number of alkyl halides is 3. The predicted octanol–water partition coefficient (Wildman–Crippen LogP) is 2.71. The molecule has 20 heavy (non-hydrogen) atoms. The van der Waals surface area contributed by atoms with Gasteiger partial charge in [-0.25, -0.2) is 4.79 Å². The third kappa shape index (κ3) is 3.41. The van der Waals surface area contributed by atoms with Crippen molar-refractivity contribution in [2.75, 3.05) is 5.32 Å². The van der Waals surface area contributed by atoms with Crippen LogP contribution in [0.15, 0.2) is 24.3 Å². The molecule has 2 rings (SSSR count). The van der Waals surface area contributed by atoms with E-state index < -0.39 is 17.8 Å². The molecule has 1 saturated carbocycles. The van der Waals surface area contributed by atoms with E-state index in [1.807, 2.05) is 0 Å². The molecule has 0 bridgehead atoms. The van der Waals surface area contributed by atoms with Crippen LogP contribution < -0.4 is 16.4 Å². The summed E-state index contributed by atoms with van der Waals surface area (Å²) in [4.78, 5) is 11.7. The molecular weight excluding hydrogens is 271 g/mol. The molecular formula is C13H16F3N3O. The zero-order valence-electron chi connectivity index (χ0n) is 10.7. The van der Waals surface area contributed by atoms with Crippen LogP contribution in [-0.2, 0) is 6.18 Å². The van der Waals surface area contributed by atoms with E-state index in [0.29, 0.717) is 0 Å². The van der Waals surface area contributed by atoms with Crippen LogP contribution in [0.25, 0.3) is 0 Å². The van der Waals surface area contributed by atoms with Gasteiger partial charge in [-0.3, -0.25) is 0 Å². The van der Waals surface area contributed by atoms with Crippen molar-refractivity contribution in [2.45, 2.75) is 37.5 Å². The van der Waals surface area contributed by atoms with Crippen molar-refractivity contribution < 1.29 is 18.0 Å². The van der Waals surface area contributed by atoms with Gasteiger partial charge in [-0.05, 0) is 31.4 Å². The van der Waals surface area contributed by atoms with Crippen molar-refractivity contribution in [1.82, 2.24) is 5.32 Å². The maximum absolute atomic E-state index is 12.8. The minimum Gasteiger partial charge on any atom is -0.334 e. The second kappa shape index (κ2) is 5.70. The summed E-state index contributed by atoms with van der Waals surface area (Å²) < 4.78 is 38.3. The molecule has 1 aromatic rings. The fraction of sp³-hybridized carbons (Fsp3) is 0.462. The van der Waals surface area contributed by atoms with Crippen LogP contribution in [0.3, 0.4) is 0 Å². The number of hydrogen-bond acceptors (Lipinski definition) is 2. The van der Waals surface area contributed by atoms with E-state index in [2.05, 4.69) is 10.6 Å². The Morgan fingerprint density at radius 2 is 1.95 bits per heavy atom. The normalized spacial score (nSPS) is 22.6. The number of amides is 2. The number of rotatable bonds is 2. The van der Waals surface area contributed by atoms with Gasteiger partial charge >= 0.3 is 12.2 Å². The standard InChI is InChI=1S/C13H16F3N3O/c14-13(15,16)8-4-1-2-6-10(8)18-12(20)19-11-7-3-5-9(11)17/h1-2,4,6,9,11H,3,5,7,17H2,(H2,18,19,20). The largest absolute Gasteiger partial charge is 0.418 e. The Labute approximate surface area is 114 Å². The molecule has 0 aliphatic heterocycles. The third-order valence-corrected chi connectivity index (χ3v) is 3.37. The van der Waals surface area contributed by atoms with Crippen LogP contribution in [-0.4, -0.2) is 18.1 Å². The first-order valence-corrected chi connectivity index (χ1v) is 6.37. The SMILES string of the molecule is NC1CCCC1NC(=O)Nc1ccccc1C(F)(F)F. The molecule has 1 fully saturated rings. The first kappa shape index (κ1) is 14.6. The average molecular weight is 287 g/mol. The molecule has 0 radical (unpaired) electrons. The highest BCUT2D eigenvalue weighted by Gasteiger charge is 2.34. The van der Waals surface area contributed by atoms with Gasteiger partial charge < -0.3 is 16.4 Å². The van der Waals surface area contributed by atoms with Gasteiger partial charge in [-0.2, -0.15) is 13.2 Å². The lowest BCUT2D eigenvalue weighted by molar-refractivity contribution is -0.136. The minimum atomic E-state index is -4.51. The Balaban J connectivity index is 2.04. The second-order valence-electron chi connectivity index (χ2n) is 4.84. The molecule has 1 aliphatic rings. The number of benzene rings is 1. The molecule has 1 aromatic carbocycles. The van der Waals surface area contributed by atoms with Crippen molar-refractivity contribution in [2.24, 2.45) is 5.73 Å². The van der Waals surface area contributed by atoms with Crippen molar-refractivity contribution in [1.29, 1.82) is 0 Å². The highest BCUT2D eigenvalue weighted by atomic mass is 19.4. The van der Waals surface area contributed by atoms with Gasteiger partial charge in [0.1, 0.15) is 0 Å². The lowest BCUT2D eigenvalue weighted by Crippen LogP contribution is -2.45. The lowest BCUT2D eigenvalue weighted by Gasteiger charge is -2.19.